The molecule has 0 saturated carbocycles. The monoisotopic (exact) mass is 387 g/mol. The number of rotatable bonds is 5. The van der Waals surface area contributed by atoms with E-state index in [0.717, 1.165) is 0 Å². The molecule has 10 nitrogen and oxygen atoms in total. The van der Waals surface area contributed by atoms with Crippen molar-refractivity contribution in [2.24, 2.45) is 5.14 Å². The van der Waals surface area contributed by atoms with Gasteiger partial charge in [0.05, 0.1) is 6.54 Å². The van der Waals surface area contributed by atoms with E-state index in [4.69, 9.17) is 9.69 Å². The number of benzene rings is 1. The van der Waals surface area contributed by atoms with Gasteiger partial charge in [-0.25, -0.2) is 17.9 Å². The standard InChI is InChI=1S/C11H13N3O7S2.Na.H/c12-22(17,18)9(7-4-2-1-3-5-7)10(15)13-8-6-14(11(8)16)23(19,20)21;;/h1-5,8-9H,6H2,(H,13,15)(H2,12,17,18)(H,19,20,21);;/q;+1;-1. The second kappa shape index (κ2) is 7.47. The van der Waals surface area contributed by atoms with Crippen LogP contribution in [0, 0.1) is 0 Å². The SMILES string of the molecule is NS(=O)(=O)C(C(=O)NC1CN(S(=O)(=O)O)C1=O)c1ccccc1.[H-].[Na+]. The van der Waals surface area contributed by atoms with Gasteiger partial charge in [-0.15, -0.1) is 0 Å². The predicted octanol–water partition coefficient (Wildman–Crippen LogP) is -4.74. The third kappa shape index (κ3) is 4.53. The fourth-order valence-electron chi connectivity index (χ4n) is 2.08. The second-order valence-corrected chi connectivity index (χ2v) is 7.77. The molecule has 2 rings (SSSR count). The molecule has 0 aliphatic carbocycles. The quantitative estimate of drug-likeness (QED) is 0.259. The Morgan fingerprint density at radius 1 is 1.29 bits per heavy atom. The first kappa shape index (κ1) is 21.0. The molecule has 1 saturated heterocycles. The first-order chi connectivity index (χ1) is 10.5. The smallest absolute Gasteiger partial charge is 1.00 e. The Morgan fingerprint density at radius 3 is 2.25 bits per heavy atom. The molecule has 1 aliphatic heterocycles. The molecule has 2 atom stereocenters. The molecule has 2 amide bonds. The number of sulfonamides is 1. The molecular weight excluding hydrogens is 373 g/mol. The van der Waals surface area contributed by atoms with Gasteiger partial charge in [-0.3, -0.25) is 14.1 Å². The number of nitrogens with one attached hydrogen (secondary N) is 1. The Kier molecular flexibility index (Phi) is 6.55. The zero-order valence-corrected chi connectivity index (χ0v) is 16.1. The van der Waals surface area contributed by atoms with Crippen LogP contribution in [-0.4, -0.2) is 50.1 Å². The second-order valence-electron chi connectivity index (χ2n) is 4.79. The van der Waals surface area contributed by atoms with Gasteiger partial charge in [0.1, 0.15) is 6.04 Å². The van der Waals surface area contributed by atoms with E-state index < -0.39 is 50.0 Å². The van der Waals surface area contributed by atoms with E-state index in [1.54, 1.807) is 6.07 Å². The zero-order chi connectivity index (χ0) is 17.4. The van der Waals surface area contributed by atoms with E-state index in [-0.39, 0.29) is 40.9 Å². The number of β-lactam (4-membered cyclic amide) rings is 1. The van der Waals surface area contributed by atoms with Gasteiger partial charge < -0.3 is 6.74 Å². The van der Waals surface area contributed by atoms with Crippen LogP contribution < -0.4 is 40.0 Å². The van der Waals surface area contributed by atoms with Gasteiger partial charge in [-0.2, -0.15) is 8.42 Å². The van der Waals surface area contributed by atoms with Crippen LogP contribution in [0.25, 0.3) is 0 Å². The molecular formula is C11H14N3NaO7S2. The number of nitrogens with zero attached hydrogens (tertiary/aromatic N) is 1. The molecule has 0 radical (unpaired) electrons. The summed E-state index contributed by atoms with van der Waals surface area (Å²) in [6, 6.07) is 6.13. The van der Waals surface area contributed by atoms with Crippen LogP contribution in [0.4, 0.5) is 0 Å². The average molecular weight is 387 g/mol. The summed E-state index contributed by atoms with van der Waals surface area (Å²) >= 11 is 0. The maximum Gasteiger partial charge on any atom is 1.00 e. The fourth-order valence-corrected chi connectivity index (χ4v) is 3.67. The van der Waals surface area contributed by atoms with Crippen molar-refractivity contribution in [2.75, 3.05) is 6.54 Å². The minimum atomic E-state index is -4.70. The summed E-state index contributed by atoms with van der Waals surface area (Å²) in [6.07, 6.45) is 0. The summed E-state index contributed by atoms with van der Waals surface area (Å²) in [5, 5.41) is 5.43. The van der Waals surface area contributed by atoms with Gasteiger partial charge >= 0.3 is 39.9 Å². The molecule has 1 aromatic rings. The van der Waals surface area contributed by atoms with Gasteiger partial charge in [-0.1, -0.05) is 30.3 Å². The average Bonchev–Trinajstić information content (AvgIpc) is 2.41. The topological polar surface area (TPSA) is 164 Å². The summed E-state index contributed by atoms with van der Waals surface area (Å²) < 4.78 is 53.8. The Labute approximate surface area is 162 Å². The zero-order valence-electron chi connectivity index (χ0n) is 13.5. The third-order valence-corrected chi connectivity index (χ3v) is 5.19. The molecule has 128 valence electrons. The van der Waals surface area contributed by atoms with Crippen LogP contribution in [0.3, 0.4) is 0 Å². The number of primary sulfonamides is 1. The van der Waals surface area contributed by atoms with Crippen molar-refractivity contribution < 1.29 is 62.0 Å². The van der Waals surface area contributed by atoms with Crippen molar-refractivity contribution in [1.82, 2.24) is 9.62 Å². The number of hydrogen-bond donors (Lipinski definition) is 3. The number of carbonyl (C=O) groups excluding carboxylic acids is 2. The molecule has 2 unspecified atom stereocenters. The molecule has 0 bridgehead atoms. The van der Waals surface area contributed by atoms with Crippen molar-refractivity contribution in [1.29, 1.82) is 0 Å². The summed E-state index contributed by atoms with van der Waals surface area (Å²) in [6.45, 7) is -0.491. The van der Waals surface area contributed by atoms with E-state index in [2.05, 4.69) is 5.32 Å². The first-order valence-electron chi connectivity index (χ1n) is 6.17. The Bertz CT molecular complexity index is 848. The first-order valence-corrected chi connectivity index (χ1v) is 9.18. The van der Waals surface area contributed by atoms with Crippen LogP contribution in [0.15, 0.2) is 30.3 Å². The Hall–Kier alpha value is -1.02. The fraction of sp³-hybridized carbons (Fsp3) is 0.273. The largest absolute Gasteiger partial charge is 1.00 e. The Morgan fingerprint density at radius 2 is 1.83 bits per heavy atom. The van der Waals surface area contributed by atoms with E-state index in [9.17, 15) is 26.4 Å². The van der Waals surface area contributed by atoms with Crippen molar-refractivity contribution in [3.63, 3.8) is 0 Å². The molecule has 0 spiro atoms. The van der Waals surface area contributed by atoms with E-state index in [1.807, 2.05) is 0 Å². The normalized spacial score (nSPS) is 19.0. The maximum absolute atomic E-state index is 12.1. The summed E-state index contributed by atoms with van der Waals surface area (Å²) in [5.74, 6) is -2.13. The van der Waals surface area contributed by atoms with Crippen molar-refractivity contribution in [2.45, 2.75) is 11.3 Å². The third-order valence-electron chi connectivity index (χ3n) is 3.16. The molecule has 24 heavy (non-hydrogen) atoms. The summed E-state index contributed by atoms with van der Waals surface area (Å²) in [5.41, 5.74) is 0.103. The van der Waals surface area contributed by atoms with E-state index in [1.165, 1.54) is 24.3 Å². The van der Waals surface area contributed by atoms with Crippen molar-refractivity contribution >= 4 is 32.1 Å². The predicted molar refractivity (Wildman–Crippen MR) is 78.6 cm³/mol. The van der Waals surface area contributed by atoms with Crippen LogP contribution >= 0.6 is 0 Å². The van der Waals surface area contributed by atoms with Gasteiger partial charge in [0, 0.05) is 0 Å². The summed E-state index contributed by atoms with van der Waals surface area (Å²) in [4.78, 5) is 23.7. The van der Waals surface area contributed by atoms with Gasteiger partial charge in [0.2, 0.25) is 15.9 Å². The minimum absolute atomic E-state index is 0. The Balaban J connectivity index is 0.00000288. The molecule has 1 aromatic carbocycles. The van der Waals surface area contributed by atoms with Crippen LogP contribution in [0.1, 0.15) is 12.2 Å². The van der Waals surface area contributed by atoms with Gasteiger partial charge in [0.25, 0.3) is 5.91 Å². The van der Waals surface area contributed by atoms with Crippen LogP contribution in [0.2, 0.25) is 0 Å². The number of hydrogen-bond acceptors (Lipinski definition) is 6. The van der Waals surface area contributed by atoms with Crippen molar-refractivity contribution in [3.8, 4) is 0 Å². The number of amides is 2. The van der Waals surface area contributed by atoms with Gasteiger partial charge in [-0.05, 0) is 5.56 Å². The van der Waals surface area contributed by atoms with Crippen molar-refractivity contribution in [3.05, 3.63) is 35.9 Å². The molecule has 0 aromatic heterocycles. The van der Waals surface area contributed by atoms with E-state index >= 15 is 0 Å². The minimum Gasteiger partial charge on any atom is -1.00 e. The van der Waals surface area contributed by atoms with E-state index in [0.29, 0.717) is 0 Å². The van der Waals surface area contributed by atoms with Gasteiger partial charge in [0.15, 0.2) is 5.25 Å². The number of nitrogens with two attached hydrogens (primary N) is 1. The molecule has 13 heteroatoms. The molecule has 1 aliphatic rings. The van der Waals surface area contributed by atoms with Crippen LogP contribution in [0.5, 0.6) is 0 Å². The summed E-state index contributed by atoms with van der Waals surface area (Å²) in [7, 11) is -9.01. The number of carbonyl (C=O) groups is 2. The van der Waals surface area contributed by atoms with Crippen LogP contribution in [-0.2, 0) is 29.9 Å². The molecule has 1 heterocycles. The maximum atomic E-state index is 12.1. The molecule has 4 N–H and O–H groups in total. The molecule has 1 fully saturated rings.